The molecule has 1 heterocycles. The first-order valence-corrected chi connectivity index (χ1v) is 5.92. The van der Waals surface area contributed by atoms with E-state index in [-0.39, 0.29) is 0 Å². The number of pyridine rings is 1. The van der Waals surface area contributed by atoms with Gasteiger partial charge >= 0.3 is 0 Å². The minimum atomic E-state index is 0.396. The topological polar surface area (TPSA) is 43.7 Å². The molecule has 0 N–H and O–H groups in total. The van der Waals surface area contributed by atoms with E-state index in [2.05, 4.69) is 15.0 Å². The van der Waals surface area contributed by atoms with Crippen LogP contribution >= 0.6 is 11.6 Å². The van der Waals surface area contributed by atoms with Crippen LogP contribution in [0.5, 0.6) is 5.75 Å². The molecule has 0 spiro atoms. The first-order valence-electron chi connectivity index (χ1n) is 5.54. The predicted octanol–water partition coefficient (Wildman–Crippen LogP) is 3.27. The normalized spacial score (nSPS) is 11.1. The summed E-state index contributed by atoms with van der Waals surface area (Å²) in [5.41, 5.74) is 1.53. The van der Waals surface area contributed by atoms with Gasteiger partial charge in [0.1, 0.15) is 18.0 Å². The number of hydrogen-bond donors (Lipinski definition) is 0. The molecule has 0 aliphatic carbocycles. The van der Waals surface area contributed by atoms with Gasteiger partial charge in [0, 0.05) is 10.9 Å². The molecule has 2 rings (SSSR count). The van der Waals surface area contributed by atoms with Crippen molar-refractivity contribution >= 4 is 28.7 Å². The smallest absolute Gasteiger partial charge is 0.138 e. The molecule has 5 heteroatoms. The molecule has 0 unspecified atom stereocenters. The molecule has 1 aromatic carbocycles. The third-order valence-electron chi connectivity index (χ3n) is 2.38. The van der Waals surface area contributed by atoms with E-state index in [4.69, 9.17) is 16.3 Å². The van der Waals surface area contributed by atoms with E-state index in [9.17, 15) is 0 Å². The van der Waals surface area contributed by atoms with Crippen LogP contribution in [0, 0.1) is 0 Å². The van der Waals surface area contributed by atoms with Crippen LogP contribution in [-0.4, -0.2) is 24.9 Å². The van der Waals surface area contributed by atoms with E-state index < -0.39 is 0 Å². The highest BCUT2D eigenvalue weighted by atomic mass is 35.5. The van der Waals surface area contributed by atoms with E-state index in [1.54, 1.807) is 0 Å². The van der Waals surface area contributed by atoms with E-state index in [0.29, 0.717) is 17.3 Å². The van der Waals surface area contributed by atoms with Crippen LogP contribution < -0.4 is 4.74 Å². The summed E-state index contributed by atoms with van der Waals surface area (Å²) in [7, 11) is 1.48. The minimum absolute atomic E-state index is 0.396. The fraction of sp³-hybridized carbons (Fsp3) is 0.231. The maximum absolute atomic E-state index is 6.05. The highest BCUT2D eigenvalue weighted by molar-refractivity contribution is 6.32. The molecule has 4 nitrogen and oxygen atoms in total. The van der Waals surface area contributed by atoms with Crippen LogP contribution in [0.2, 0.25) is 5.15 Å². The van der Waals surface area contributed by atoms with Crippen molar-refractivity contribution < 1.29 is 9.57 Å². The number of aromatic nitrogens is 1. The molecule has 94 valence electrons. The molecule has 1 aromatic heterocycles. The van der Waals surface area contributed by atoms with Crippen molar-refractivity contribution in [1.29, 1.82) is 0 Å². The lowest BCUT2D eigenvalue weighted by Crippen LogP contribution is -1.93. The van der Waals surface area contributed by atoms with Gasteiger partial charge < -0.3 is 9.57 Å². The lowest BCUT2D eigenvalue weighted by atomic mass is 10.1. The Labute approximate surface area is 110 Å². The molecule has 0 aliphatic rings. The number of hydrogen-bond acceptors (Lipinski definition) is 4. The number of fused-ring (bicyclic) bond motifs is 1. The maximum Gasteiger partial charge on any atom is 0.138 e. The summed E-state index contributed by atoms with van der Waals surface area (Å²) in [6.45, 7) is 2.57. The Kier molecular flexibility index (Phi) is 3.99. The van der Waals surface area contributed by atoms with Crippen molar-refractivity contribution in [3.63, 3.8) is 0 Å². The second kappa shape index (κ2) is 5.69. The quantitative estimate of drug-likeness (QED) is 0.484. The Morgan fingerprint density at radius 2 is 2.22 bits per heavy atom. The Morgan fingerprint density at radius 3 is 2.94 bits per heavy atom. The van der Waals surface area contributed by atoms with Crippen molar-refractivity contribution in [3.8, 4) is 5.75 Å². The molecule has 0 amide bonds. The highest BCUT2D eigenvalue weighted by Gasteiger charge is 2.04. The number of ether oxygens (including phenoxy) is 1. The number of oxime groups is 1. The Bertz CT molecular complexity index is 584. The predicted molar refractivity (Wildman–Crippen MR) is 72.5 cm³/mol. The van der Waals surface area contributed by atoms with Gasteiger partial charge in [-0.2, -0.15) is 0 Å². The molecule has 0 aliphatic heterocycles. The van der Waals surface area contributed by atoms with Crippen molar-refractivity contribution in [1.82, 2.24) is 4.98 Å². The first-order chi connectivity index (χ1) is 8.74. The Morgan fingerprint density at radius 1 is 1.39 bits per heavy atom. The van der Waals surface area contributed by atoms with Crippen molar-refractivity contribution in [2.24, 2.45) is 5.16 Å². The lowest BCUT2D eigenvalue weighted by molar-refractivity contribution is 0.215. The van der Waals surface area contributed by atoms with Gasteiger partial charge in [0.2, 0.25) is 0 Å². The van der Waals surface area contributed by atoms with Gasteiger partial charge in [-0.05, 0) is 31.2 Å². The number of rotatable bonds is 4. The molecule has 0 fully saturated rings. The molecule has 0 saturated heterocycles. The standard InChI is InChI=1S/C13H13ClN2O2/c1-3-18-11-4-5-12-9(7-11)6-10(8-15-17-2)13(14)16-12/h4-8H,3H2,1-2H3. The number of nitrogens with zero attached hydrogens (tertiary/aromatic N) is 2. The van der Waals surface area contributed by atoms with E-state index in [0.717, 1.165) is 16.7 Å². The fourth-order valence-electron chi connectivity index (χ4n) is 1.60. The average Bonchev–Trinajstić information content (AvgIpc) is 2.37. The Balaban J connectivity index is 2.48. The summed E-state index contributed by atoms with van der Waals surface area (Å²) in [5, 5.41) is 5.03. The van der Waals surface area contributed by atoms with Gasteiger partial charge in [-0.25, -0.2) is 4.98 Å². The van der Waals surface area contributed by atoms with E-state index in [1.807, 2.05) is 31.2 Å². The second-order valence-electron chi connectivity index (χ2n) is 3.57. The number of benzene rings is 1. The molecular weight excluding hydrogens is 252 g/mol. The molecular formula is C13H13ClN2O2. The summed E-state index contributed by atoms with van der Waals surface area (Å²) < 4.78 is 5.45. The monoisotopic (exact) mass is 264 g/mol. The molecule has 0 bridgehead atoms. The van der Waals surface area contributed by atoms with Crippen LogP contribution in [0.15, 0.2) is 29.4 Å². The third-order valence-corrected chi connectivity index (χ3v) is 2.68. The zero-order valence-corrected chi connectivity index (χ0v) is 10.9. The molecule has 0 saturated carbocycles. The zero-order valence-electron chi connectivity index (χ0n) is 10.2. The average molecular weight is 265 g/mol. The van der Waals surface area contributed by atoms with Crippen molar-refractivity contribution in [3.05, 3.63) is 35.0 Å². The number of halogens is 1. The van der Waals surface area contributed by atoms with Crippen molar-refractivity contribution in [2.45, 2.75) is 6.92 Å². The van der Waals surface area contributed by atoms with Crippen LogP contribution in [0.3, 0.4) is 0 Å². The summed E-state index contributed by atoms with van der Waals surface area (Å²) in [6.07, 6.45) is 1.53. The fourth-order valence-corrected chi connectivity index (χ4v) is 1.80. The second-order valence-corrected chi connectivity index (χ2v) is 3.93. The molecule has 18 heavy (non-hydrogen) atoms. The first kappa shape index (κ1) is 12.6. The van der Waals surface area contributed by atoms with Gasteiger partial charge in [-0.1, -0.05) is 16.8 Å². The summed E-state index contributed by atoms with van der Waals surface area (Å²) >= 11 is 6.05. The van der Waals surface area contributed by atoms with Gasteiger partial charge in [-0.3, -0.25) is 0 Å². The molecule has 2 aromatic rings. The molecule has 0 radical (unpaired) electrons. The van der Waals surface area contributed by atoms with E-state index >= 15 is 0 Å². The third kappa shape index (κ3) is 2.71. The minimum Gasteiger partial charge on any atom is -0.494 e. The largest absolute Gasteiger partial charge is 0.494 e. The van der Waals surface area contributed by atoms with Crippen molar-refractivity contribution in [2.75, 3.05) is 13.7 Å². The lowest BCUT2D eigenvalue weighted by Gasteiger charge is -2.05. The van der Waals surface area contributed by atoms with Crippen LogP contribution in [-0.2, 0) is 4.84 Å². The van der Waals surface area contributed by atoms with Gasteiger partial charge in [-0.15, -0.1) is 0 Å². The summed E-state index contributed by atoms with van der Waals surface area (Å²) in [6, 6.07) is 7.57. The van der Waals surface area contributed by atoms with Gasteiger partial charge in [0.25, 0.3) is 0 Å². The summed E-state index contributed by atoms with van der Waals surface area (Å²) in [4.78, 5) is 8.93. The van der Waals surface area contributed by atoms with Crippen LogP contribution in [0.25, 0.3) is 10.9 Å². The van der Waals surface area contributed by atoms with E-state index in [1.165, 1.54) is 13.3 Å². The SMILES string of the molecule is CCOc1ccc2nc(Cl)c(C=NOC)cc2c1. The maximum atomic E-state index is 6.05. The van der Waals surface area contributed by atoms with Gasteiger partial charge in [0.05, 0.1) is 18.3 Å². The van der Waals surface area contributed by atoms with Crippen LogP contribution in [0.1, 0.15) is 12.5 Å². The molecule has 0 atom stereocenters. The van der Waals surface area contributed by atoms with Gasteiger partial charge in [0.15, 0.2) is 0 Å². The highest BCUT2D eigenvalue weighted by Crippen LogP contribution is 2.23. The van der Waals surface area contributed by atoms with Crippen LogP contribution in [0.4, 0.5) is 0 Å². The summed E-state index contributed by atoms with van der Waals surface area (Å²) in [5.74, 6) is 0.809. The Hall–Kier alpha value is -1.81. The zero-order chi connectivity index (χ0) is 13.0.